The maximum Gasteiger partial charge on any atom is 0.171 e. The number of sulfone groups is 1. The van der Waals surface area contributed by atoms with Gasteiger partial charge in [0, 0.05) is 10.0 Å². The van der Waals surface area contributed by atoms with Gasteiger partial charge in [-0.2, -0.15) is 0 Å². The fourth-order valence-corrected chi connectivity index (χ4v) is 6.46. The van der Waals surface area contributed by atoms with Crippen LogP contribution in [0.3, 0.4) is 0 Å². The average molecular weight is 584 g/mol. The molecule has 7 heteroatoms. The molecular formula is C32H26Cl2F2O2S. The second-order valence-electron chi connectivity index (χ2n) is 9.27. The van der Waals surface area contributed by atoms with Crippen LogP contribution in [0.2, 0.25) is 10.0 Å². The van der Waals surface area contributed by atoms with Crippen molar-refractivity contribution < 1.29 is 17.2 Å². The molecule has 0 saturated carbocycles. The second-order valence-corrected chi connectivity index (χ2v) is 12.3. The highest BCUT2D eigenvalue weighted by Crippen LogP contribution is 2.38. The van der Waals surface area contributed by atoms with Gasteiger partial charge in [-0.25, -0.2) is 17.2 Å². The molecule has 0 spiro atoms. The minimum Gasteiger partial charge on any atom is -0.227 e. The summed E-state index contributed by atoms with van der Waals surface area (Å²) in [6.07, 6.45) is 6.55. The number of aryl methyl sites for hydroxylation is 2. The zero-order valence-electron chi connectivity index (χ0n) is 21.3. The van der Waals surface area contributed by atoms with Crippen molar-refractivity contribution in [2.24, 2.45) is 0 Å². The van der Waals surface area contributed by atoms with Crippen molar-refractivity contribution in [3.8, 4) is 0 Å². The van der Waals surface area contributed by atoms with Gasteiger partial charge >= 0.3 is 0 Å². The Kier molecular flexibility index (Phi) is 9.06. The van der Waals surface area contributed by atoms with E-state index in [0.29, 0.717) is 43.4 Å². The van der Waals surface area contributed by atoms with Crippen LogP contribution in [-0.2, 0) is 9.84 Å². The lowest BCUT2D eigenvalue weighted by Gasteiger charge is -2.22. The van der Waals surface area contributed by atoms with Crippen molar-refractivity contribution in [3.05, 3.63) is 152 Å². The molecule has 2 unspecified atom stereocenters. The Morgan fingerprint density at radius 1 is 0.615 bits per heavy atom. The van der Waals surface area contributed by atoms with E-state index in [0.717, 1.165) is 0 Å². The van der Waals surface area contributed by atoms with Crippen molar-refractivity contribution >= 4 is 45.2 Å². The fraction of sp³-hybridized carbons (Fsp3) is 0.125. The molecule has 0 heterocycles. The normalized spacial score (nSPS) is 13.7. The SMILES string of the molecule is Cc1cc(/C=C/C(c2ccc(Cl)cc2)S(=O)(=O)C(/C=C/c2ccc(F)c(C)c2)c2ccc(Cl)cc2)ccc1F. The van der Waals surface area contributed by atoms with E-state index in [1.54, 1.807) is 111 Å². The summed E-state index contributed by atoms with van der Waals surface area (Å²) >= 11 is 12.2. The molecule has 0 aliphatic heterocycles. The minimum atomic E-state index is -3.98. The molecule has 0 bridgehead atoms. The average Bonchev–Trinajstić information content (AvgIpc) is 2.90. The van der Waals surface area contributed by atoms with E-state index >= 15 is 0 Å². The molecule has 0 N–H and O–H groups in total. The van der Waals surface area contributed by atoms with E-state index in [1.807, 2.05) is 0 Å². The summed E-state index contributed by atoms with van der Waals surface area (Å²) in [7, 11) is -3.98. The van der Waals surface area contributed by atoms with Gasteiger partial charge in [-0.05, 0) is 95.8 Å². The van der Waals surface area contributed by atoms with Crippen molar-refractivity contribution in [2.75, 3.05) is 0 Å². The van der Waals surface area contributed by atoms with Crippen LogP contribution < -0.4 is 0 Å². The zero-order valence-corrected chi connectivity index (χ0v) is 23.6. The molecule has 0 radical (unpaired) electrons. The second kappa shape index (κ2) is 12.3. The van der Waals surface area contributed by atoms with Gasteiger partial charge in [0.15, 0.2) is 9.84 Å². The monoisotopic (exact) mass is 582 g/mol. The van der Waals surface area contributed by atoms with Gasteiger partial charge in [0.05, 0.1) is 0 Å². The summed E-state index contributed by atoms with van der Waals surface area (Å²) in [5.41, 5.74) is 3.31. The summed E-state index contributed by atoms with van der Waals surface area (Å²) in [6.45, 7) is 3.30. The molecule has 0 amide bonds. The standard InChI is InChI=1S/C32H26Cl2F2O2S/c1-21-19-23(3-15-29(21)35)5-17-31(25-7-11-27(33)12-8-25)39(37,38)32(26-9-13-28(34)14-10-26)18-6-24-4-16-30(36)22(2)20-24/h3-20,31-32H,1-2H3/b17-5+,18-6+. The summed E-state index contributed by atoms with van der Waals surface area (Å²) in [5.74, 6) is -0.670. The van der Waals surface area contributed by atoms with E-state index in [2.05, 4.69) is 0 Å². The molecule has 200 valence electrons. The quantitative estimate of drug-likeness (QED) is 0.207. The van der Waals surface area contributed by atoms with Crippen LogP contribution in [-0.4, -0.2) is 8.42 Å². The van der Waals surface area contributed by atoms with Crippen molar-refractivity contribution in [3.63, 3.8) is 0 Å². The zero-order chi connectivity index (χ0) is 28.2. The van der Waals surface area contributed by atoms with Gasteiger partial charge in [0.1, 0.15) is 22.1 Å². The van der Waals surface area contributed by atoms with Crippen LogP contribution in [0.4, 0.5) is 8.78 Å². The molecule has 0 fully saturated rings. The fourth-order valence-electron chi connectivity index (χ4n) is 4.22. The Morgan fingerprint density at radius 2 is 0.974 bits per heavy atom. The third kappa shape index (κ3) is 7.04. The van der Waals surface area contributed by atoms with Gasteiger partial charge in [0.25, 0.3) is 0 Å². The Hall–Kier alpha value is -3.25. The lowest BCUT2D eigenvalue weighted by atomic mass is 10.1. The minimum absolute atomic E-state index is 0.335. The highest BCUT2D eigenvalue weighted by molar-refractivity contribution is 7.92. The molecule has 2 atom stereocenters. The first-order chi connectivity index (χ1) is 18.5. The van der Waals surface area contributed by atoms with Crippen molar-refractivity contribution in [1.29, 1.82) is 0 Å². The predicted molar refractivity (Wildman–Crippen MR) is 158 cm³/mol. The van der Waals surface area contributed by atoms with Gasteiger partial charge in [-0.1, -0.05) is 83.9 Å². The molecular weight excluding hydrogens is 557 g/mol. The molecule has 0 aliphatic carbocycles. The van der Waals surface area contributed by atoms with E-state index in [9.17, 15) is 17.2 Å². The highest BCUT2D eigenvalue weighted by Gasteiger charge is 2.33. The van der Waals surface area contributed by atoms with Crippen molar-refractivity contribution in [2.45, 2.75) is 24.3 Å². The van der Waals surface area contributed by atoms with Crippen LogP contribution in [0.1, 0.15) is 43.9 Å². The van der Waals surface area contributed by atoms with Crippen LogP contribution in [0, 0.1) is 25.5 Å². The van der Waals surface area contributed by atoms with Crippen LogP contribution in [0.25, 0.3) is 12.2 Å². The van der Waals surface area contributed by atoms with Crippen molar-refractivity contribution in [1.82, 2.24) is 0 Å². The molecule has 0 aromatic heterocycles. The molecule has 2 nitrogen and oxygen atoms in total. The Balaban J connectivity index is 1.83. The van der Waals surface area contributed by atoms with Crippen LogP contribution in [0.15, 0.2) is 97.1 Å². The van der Waals surface area contributed by atoms with Gasteiger partial charge in [-0.3, -0.25) is 0 Å². The predicted octanol–water partition coefficient (Wildman–Crippen LogP) is 9.51. The number of benzene rings is 4. The molecule has 0 aliphatic rings. The van der Waals surface area contributed by atoms with E-state index in [-0.39, 0.29) is 11.6 Å². The van der Waals surface area contributed by atoms with Crippen LogP contribution >= 0.6 is 23.2 Å². The van der Waals surface area contributed by atoms with Gasteiger partial charge in [-0.15, -0.1) is 0 Å². The molecule has 39 heavy (non-hydrogen) atoms. The largest absolute Gasteiger partial charge is 0.227 e. The summed E-state index contributed by atoms with van der Waals surface area (Å²) in [5, 5.41) is -1.15. The smallest absolute Gasteiger partial charge is 0.171 e. The topological polar surface area (TPSA) is 34.1 Å². The number of hydrogen-bond acceptors (Lipinski definition) is 2. The van der Waals surface area contributed by atoms with E-state index in [4.69, 9.17) is 23.2 Å². The Morgan fingerprint density at radius 3 is 1.31 bits per heavy atom. The first kappa shape index (κ1) is 28.8. The molecule has 4 aromatic carbocycles. The first-order valence-corrected chi connectivity index (χ1v) is 14.5. The molecule has 4 rings (SSSR count). The van der Waals surface area contributed by atoms with Gasteiger partial charge in [0.2, 0.25) is 0 Å². The summed E-state index contributed by atoms with van der Waals surface area (Å²) < 4.78 is 56.4. The highest BCUT2D eigenvalue weighted by atomic mass is 35.5. The first-order valence-electron chi connectivity index (χ1n) is 12.2. The van der Waals surface area contributed by atoms with E-state index in [1.165, 1.54) is 12.1 Å². The number of hydrogen-bond donors (Lipinski definition) is 0. The summed E-state index contributed by atoms with van der Waals surface area (Å²) in [6, 6.07) is 22.5. The Labute approximate surface area is 238 Å². The number of halogens is 4. The third-order valence-electron chi connectivity index (χ3n) is 6.40. The lowest BCUT2D eigenvalue weighted by Crippen LogP contribution is -2.19. The molecule has 4 aromatic rings. The van der Waals surface area contributed by atoms with Crippen LogP contribution in [0.5, 0.6) is 0 Å². The van der Waals surface area contributed by atoms with E-state index < -0.39 is 20.3 Å². The maximum absolute atomic E-state index is 14.4. The molecule has 0 saturated heterocycles. The lowest BCUT2D eigenvalue weighted by molar-refractivity contribution is 0.584. The van der Waals surface area contributed by atoms with Gasteiger partial charge < -0.3 is 0 Å². The Bertz CT molecular complexity index is 1510. The number of rotatable bonds is 8. The third-order valence-corrected chi connectivity index (χ3v) is 9.17. The summed E-state index contributed by atoms with van der Waals surface area (Å²) in [4.78, 5) is 0. The maximum atomic E-state index is 14.4.